The average Bonchev–Trinajstić information content (AvgIpc) is 4.04. The topological polar surface area (TPSA) is 9.86 Å². The molecule has 2 nitrogen and oxygen atoms in total. The molecule has 0 amide bonds. The normalized spacial score (nSPS) is 15.3. The van der Waals surface area contributed by atoms with Gasteiger partial charge in [-0.1, -0.05) is 158 Å². The van der Waals surface area contributed by atoms with Crippen LogP contribution in [0, 0.1) is 0 Å². The molecule has 0 saturated carbocycles. The van der Waals surface area contributed by atoms with E-state index in [1.807, 2.05) is 0 Å². The summed E-state index contributed by atoms with van der Waals surface area (Å²) < 4.78 is 4.94. The summed E-state index contributed by atoms with van der Waals surface area (Å²) in [5.41, 5.74) is 22.7. The summed E-state index contributed by atoms with van der Waals surface area (Å²) in [6.07, 6.45) is 0. The van der Waals surface area contributed by atoms with Crippen LogP contribution in [0.2, 0.25) is 0 Å². The fourth-order valence-electron chi connectivity index (χ4n) is 12.1. The Kier molecular flexibility index (Phi) is 5.87. The molecule has 0 saturated heterocycles. The number of hydrogen-bond acceptors (Lipinski definition) is 0. The number of rotatable bonds is 2. The lowest BCUT2D eigenvalue weighted by atomic mass is 9.65. The Balaban J connectivity index is 1.03. The Hall–Kier alpha value is -7.94. The predicted octanol–water partition coefficient (Wildman–Crippen LogP) is 15.0. The van der Waals surface area contributed by atoms with E-state index in [0.29, 0.717) is 0 Å². The molecule has 1 unspecified atom stereocenters. The molecule has 3 aliphatic rings. The van der Waals surface area contributed by atoms with Crippen LogP contribution in [0.5, 0.6) is 0 Å². The third kappa shape index (κ3) is 3.77. The van der Waals surface area contributed by atoms with Crippen LogP contribution < -0.4 is 0 Å². The standard InChI is InChI=1S/C59H34N2/c1-2-14-39-38(13-1)43-18-11-20-45-56(43)46(39)34-51-57(45)47-33-36(35-27-30-37(31-28-35)60-52-23-7-3-15-40(52)41-16-4-8-24-53(41)60)29-32-48(47)59(51)49-21-6-10-26-55(49)61-54-25-9-5-17-42(54)44-19-12-22-50(59)58(44)61/h1-34H. The smallest absolute Gasteiger partial charge is 0.0754 e. The molecular weight excluding hydrogens is 737 g/mol. The Labute approximate surface area is 351 Å². The molecule has 280 valence electrons. The number of benzene rings is 10. The van der Waals surface area contributed by atoms with Crippen molar-refractivity contribution < 1.29 is 0 Å². The van der Waals surface area contributed by atoms with E-state index < -0.39 is 5.41 Å². The molecule has 2 aliphatic carbocycles. The van der Waals surface area contributed by atoms with Crippen molar-refractivity contribution in [1.82, 2.24) is 9.13 Å². The summed E-state index contributed by atoms with van der Waals surface area (Å²) in [4.78, 5) is 0. The molecule has 1 spiro atoms. The summed E-state index contributed by atoms with van der Waals surface area (Å²) in [5, 5.41) is 7.84. The van der Waals surface area contributed by atoms with E-state index in [1.54, 1.807) is 0 Å². The van der Waals surface area contributed by atoms with Gasteiger partial charge in [0.25, 0.3) is 0 Å². The monoisotopic (exact) mass is 770 g/mol. The second kappa shape index (κ2) is 11.2. The van der Waals surface area contributed by atoms with Crippen LogP contribution in [0.4, 0.5) is 0 Å². The fourth-order valence-corrected chi connectivity index (χ4v) is 12.1. The molecular formula is C59H34N2. The minimum atomic E-state index is -0.539. The van der Waals surface area contributed by atoms with Gasteiger partial charge >= 0.3 is 0 Å². The molecule has 0 N–H and O–H groups in total. The Morgan fingerprint density at radius 2 is 0.869 bits per heavy atom. The van der Waals surface area contributed by atoms with Crippen LogP contribution in [-0.4, -0.2) is 9.13 Å². The highest BCUT2D eigenvalue weighted by atomic mass is 15.0. The lowest BCUT2D eigenvalue weighted by Gasteiger charge is -2.39. The van der Waals surface area contributed by atoms with E-state index in [9.17, 15) is 0 Å². The van der Waals surface area contributed by atoms with Gasteiger partial charge < -0.3 is 9.13 Å². The molecule has 3 heterocycles. The third-order valence-electron chi connectivity index (χ3n) is 14.5. The molecule has 0 fully saturated rings. The van der Waals surface area contributed by atoms with Crippen LogP contribution in [-0.2, 0) is 5.41 Å². The average molecular weight is 771 g/mol. The van der Waals surface area contributed by atoms with Gasteiger partial charge in [0.1, 0.15) is 0 Å². The molecule has 2 aromatic heterocycles. The number of fused-ring (bicyclic) bond motifs is 19. The van der Waals surface area contributed by atoms with Crippen molar-refractivity contribution in [3.05, 3.63) is 229 Å². The molecule has 61 heavy (non-hydrogen) atoms. The summed E-state index contributed by atoms with van der Waals surface area (Å²) in [6, 6.07) is 77.8. The van der Waals surface area contributed by atoms with Gasteiger partial charge in [-0.25, -0.2) is 0 Å². The van der Waals surface area contributed by atoms with Crippen LogP contribution in [0.15, 0.2) is 206 Å². The van der Waals surface area contributed by atoms with E-state index in [0.717, 1.165) is 5.69 Å². The van der Waals surface area contributed by atoms with Gasteiger partial charge in [-0.05, 0) is 126 Å². The first kappa shape index (κ1) is 32.0. The summed E-state index contributed by atoms with van der Waals surface area (Å²) in [6.45, 7) is 0. The summed E-state index contributed by atoms with van der Waals surface area (Å²) in [7, 11) is 0. The van der Waals surface area contributed by atoms with Crippen LogP contribution >= 0.6 is 0 Å². The van der Waals surface area contributed by atoms with Crippen molar-refractivity contribution in [3.63, 3.8) is 0 Å². The maximum atomic E-state index is 2.58. The second-order valence-corrected chi connectivity index (χ2v) is 17.1. The lowest BCUT2D eigenvalue weighted by molar-refractivity contribution is 0.749. The zero-order chi connectivity index (χ0) is 39.6. The third-order valence-corrected chi connectivity index (χ3v) is 14.5. The molecule has 1 aliphatic heterocycles. The van der Waals surface area contributed by atoms with E-state index in [-0.39, 0.29) is 0 Å². The highest BCUT2D eigenvalue weighted by molar-refractivity contribution is 6.22. The van der Waals surface area contributed by atoms with Gasteiger partial charge in [-0.15, -0.1) is 0 Å². The zero-order valence-electron chi connectivity index (χ0n) is 33.0. The van der Waals surface area contributed by atoms with E-state index >= 15 is 0 Å². The fraction of sp³-hybridized carbons (Fsp3) is 0.0169. The second-order valence-electron chi connectivity index (χ2n) is 17.1. The number of hydrogen-bond donors (Lipinski definition) is 0. The maximum absolute atomic E-state index is 2.58. The molecule has 0 radical (unpaired) electrons. The Morgan fingerprint density at radius 1 is 0.311 bits per heavy atom. The first-order chi connectivity index (χ1) is 30.3. The number of para-hydroxylation sites is 5. The van der Waals surface area contributed by atoms with Crippen LogP contribution in [0.25, 0.3) is 110 Å². The SMILES string of the molecule is c1ccc2c(c1)-c1cccc3c4c(cc-2c13)C1(c2ccc(-c3ccc(-n5c6ccccc6c6ccccc65)cc3)cc2-4)c2ccccc2-n2c3ccccc3c3cccc1c32. The van der Waals surface area contributed by atoms with Gasteiger partial charge in [-0.3, -0.25) is 0 Å². The molecule has 0 bridgehead atoms. The van der Waals surface area contributed by atoms with Crippen molar-refractivity contribution in [2.75, 3.05) is 0 Å². The van der Waals surface area contributed by atoms with Gasteiger partial charge in [0, 0.05) is 27.2 Å². The van der Waals surface area contributed by atoms with E-state index in [4.69, 9.17) is 0 Å². The first-order valence-corrected chi connectivity index (χ1v) is 21.4. The molecule has 15 rings (SSSR count). The van der Waals surface area contributed by atoms with E-state index in [2.05, 4.69) is 215 Å². The minimum Gasteiger partial charge on any atom is -0.309 e. The number of aromatic nitrogens is 2. The van der Waals surface area contributed by atoms with E-state index in [1.165, 1.54) is 127 Å². The van der Waals surface area contributed by atoms with Crippen LogP contribution in [0.1, 0.15) is 22.3 Å². The first-order valence-electron chi connectivity index (χ1n) is 21.4. The molecule has 10 aromatic carbocycles. The predicted molar refractivity (Wildman–Crippen MR) is 253 cm³/mol. The quantitative estimate of drug-likeness (QED) is 0.166. The van der Waals surface area contributed by atoms with Crippen molar-refractivity contribution in [3.8, 4) is 55.9 Å². The highest BCUT2D eigenvalue weighted by Gasteiger charge is 2.52. The largest absolute Gasteiger partial charge is 0.309 e. The van der Waals surface area contributed by atoms with Gasteiger partial charge in [0.15, 0.2) is 0 Å². The van der Waals surface area contributed by atoms with Crippen molar-refractivity contribution in [2.45, 2.75) is 5.41 Å². The Morgan fingerprint density at radius 3 is 1.64 bits per heavy atom. The summed E-state index contributed by atoms with van der Waals surface area (Å²) in [5.74, 6) is 0. The molecule has 2 heteroatoms. The highest BCUT2D eigenvalue weighted by Crippen LogP contribution is 2.64. The number of nitrogens with zero attached hydrogens (tertiary/aromatic N) is 2. The Bertz CT molecular complexity index is 3880. The maximum Gasteiger partial charge on any atom is 0.0754 e. The summed E-state index contributed by atoms with van der Waals surface area (Å²) >= 11 is 0. The van der Waals surface area contributed by atoms with Gasteiger partial charge in [0.2, 0.25) is 0 Å². The van der Waals surface area contributed by atoms with Gasteiger partial charge in [0.05, 0.1) is 33.2 Å². The molecule has 1 atom stereocenters. The lowest BCUT2D eigenvalue weighted by Crippen LogP contribution is -2.33. The minimum absolute atomic E-state index is 0.539. The molecule has 12 aromatic rings. The van der Waals surface area contributed by atoms with Crippen molar-refractivity contribution >= 4 is 54.4 Å². The van der Waals surface area contributed by atoms with Crippen molar-refractivity contribution in [2.24, 2.45) is 0 Å². The van der Waals surface area contributed by atoms with Gasteiger partial charge in [-0.2, -0.15) is 0 Å². The zero-order valence-corrected chi connectivity index (χ0v) is 33.0. The van der Waals surface area contributed by atoms with Crippen LogP contribution in [0.3, 0.4) is 0 Å². The van der Waals surface area contributed by atoms with Crippen molar-refractivity contribution in [1.29, 1.82) is 0 Å².